The Morgan fingerprint density at radius 1 is 1.20 bits per heavy atom. The molecule has 0 aliphatic rings. The Hall–Kier alpha value is -0.273. The average molecular weight is 170 g/mol. The second-order valence-corrected chi connectivity index (χ2v) is 5.43. The van der Waals surface area contributed by atoms with E-state index in [4.69, 9.17) is 11.6 Å². The summed E-state index contributed by atoms with van der Waals surface area (Å²) in [6, 6.07) is 8.07. The molecule has 0 saturated heterocycles. The first-order valence-electron chi connectivity index (χ1n) is 3.27. The third kappa shape index (κ3) is 1.61. The summed E-state index contributed by atoms with van der Waals surface area (Å²) >= 11 is 5.94. The van der Waals surface area contributed by atoms with Crippen LogP contribution in [0.25, 0.3) is 0 Å². The van der Waals surface area contributed by atoms with Gasteiger partial charge in [0.2, 0.25) is 0 Å². The van der Waals surface area contributed by atoms with Crippen molar-refractivity contribution in [3.8, 4) is 0 Å². The van der Waals surface area contributed by atoms with E-state index in [1.165, 1.54) is 5.19 Å². The predicted octanol–water partition coefficient (Wildman–Crippen LogP) is 2.30. The Kier molecular flexibility index (Phi) is 2.52. The predicted molar refractivity (Wildman–Crippen MR) is 48.6 cm³/mol. The van der Waals surface area contributed by atoms with Gasteiger partial charge in [-0.05, 0) is 11.3 Å². The van der Waals surface area contributed by atoms with Crippen LogP contribution in [0.15, 0.2) is 24.3 Å². The van der Waals surface area contributed by atoms with Gasteiger partial charge < -0.3 is 0 Å². The van der Waals surface area contributed by atoms with Crippen molar-refractivity contribution >= 4 is 25.6 Å². The molecule has 1 rings (SSSR count). The van der Waals surface area contributed by atoms with Gasteiger partial charge >= 0.3 is 0 Å². The summed E-state index contributed by atoms with van der Waals surface area (Å²) in [4.78, 5) is 0. The van der Waals surface area contributed by atoms with Gasteiger partial charge in [-0.15, -0.1) is 0 Å². The van der Waals surface area contributed by atoms with Crippen molar-refractivity contribution in [3.05, 3.63) is 29.3 Å². The molecule has 2 heteroatoms. The van der Waals surface area contributed by atoms with Crippen molar-refractivity contribution in [1.29, 1.82) is 0 Å². The zero-order valence-corrected chi connectivity index (χ0v) is 7.94. The normalized spacial score (nSPS) is 10.4. The molecule has 0 saturated carbocycles. The smallest absolute Gasteiger partial charge is 0.0811 e. The van der Waals surface area contributed by atoms with Crippen LogP contribution >= 0.6 is 11.6 Å². The highest BCUT2D eigenvalue weighted by Gasteiger charge is 2.03. The minimum Gasteiger partial charge on any atom is -0.0845 e. The minimum atomic E-state index is -0.374. The summed E-state index contributed by atoms with van der Waals surface area (Å²) in [5, 5.41) is 2.25. The second-order valence-electron chi connectivity index (χ2n) is 2.48. The van der Waals surface area contributed by atoms with Crippen LogP contribution in [0.2, 0.25) is 18.1 Å². The molecule has 1 aromatic rings. The van der Waals surface area contributed by atoms with E-state index < -0.39 is 0 Å². The van der Waals surface area contributed by atoms with Crippen LogP contribution in [0.5, 0.6) is 0 Å². The van der Waals surface area contributed by atoms with Gasteiger partial charge in [-0.3, -0.25) is 0 Å². The molecule has 0 fully saturated rings. The Balaban J connectivity index is 3.03. The Labute approximate surface area is 68.4 Å². The maximum absolute atomic E-state index is 5.94. The van der Waals surface area contributed by atoms with E-state index in [-0.39, 0.29) is 8.80 Å². The molecule has 10 heavy (non-hydrogen) atoms. The molecule has 0 heterocycles. The highest BCUT2D eigenvalue weighted by atomic mass is 35.5. The van der Waals surface area contributed by atoms with E-state index in [1.54, 1.807) is 0 Å². The number of rotatable bonds is 1. The topological polar surface area (TPSA) is 0 Å². The SMILES string of the molecule is C[Si](C)c1ccccc1Cl. The summed E-state index contributed by atoms with van der Waals surface area (Å²) in [6.45, 7) is 4.48. The van der Waals surface area contributed by atoms with Gasteiger partial charge in [0, 0.05) is 5.02 Å². The second kappa shape index (κ2) is 3.22. The molecular weight excluding hydrogens is 160 g/mol. The minimum absolute atomic E-state index is 0.374. The molecule has 53 valence electrons. The summed E-state index contributed by atoms with van der Waals surface area (Å²) < 4.78 is 0. The van der Waals surface area contributed by atoms with Gasteiger partial charge in [0.1, 0.15) is 0 Å². The van der Waals surface area contributed by atoms with Gasteiger partial charge in [-0.1, -0.05) is 42.9 Å². The largest absolute Gasteiger partial charge is 0.0845 e. The van der Waals surface area contributed by atoms with Crippen LogP contribution in [0.3, 0.4) is 0 Å². The molecule has 0 amide bonds. The molecule has 0 spiro atoms. The van der Waals surface area contributed by atoms with E-state index in [1.807, 2.05) is 18.2 Å². The van der Waals surface area contributed by atoms with E-state index >= 15 is 0 Å². The lowest BCUT2D eigenvalue weighted by Crippen LogP contribution is -2.23. The summed E-state index contributed by atoms with van der Waals surface area (Å²) in [5.74, 6) is 0. The van der Waals surface area contributed by atoms with Gasteiger partial charge in [0.25, 0.3) is 0 Å². The van der Waals surface area contributed by atoms with Crippen molar-refractivity contribution in [2.75, 3.05) is 0 Å². The summed E-state index contributed by atoms with van der Waals surface area (Å²) in [5.41, 5.74) is 0. The van der Waals surface area contributed by atoms with Crippen molar-refractivity contribution < 1.29 is 0 Å². The van der Waals surface area contributed by atoms with Crippen LogP contribution < -0.4 is 5.19 Å². The third-order valence-electron chi connectivity index (χ3n) is 1.41. The molecule has 0 bridgehead atoms. The van der Waals surface area contributed by atoms with Crippen LogP contribution in [0.4, 0.5) is 0 Å². The number of benzene rings is 1. The molecule has 0 aliphatic carbocycles. The van der Waals surface area contributed by atoms with Crippen molar-refractivity contribution in [1.82, 2.24) is 0 Å². The summed E-state index contributed by atoms with van der Waals surface area (Å²) in [7, 11) is -0.374. The molecule has 0 aliphatic heterocycles. The zero-order chi connectivity index (χ0) is 7.56. The first-order valence-corrected chi connectivity index (χ1v) is 6.14. The quantitative estimate of drug-likeness (QED) is 0.566. The molecular formula is C8H10ClSi. The fourth-order valence-corrected chi connectivity index (χ4v) is 2.56. The molecule has 0 nitrogen and oxygen atoms in total. The maximum Gasteiger partial charge on any atom is 0.0811 e. The highest BCUT2D eigenvalue weighted by Crippen LogP contribution is 2.04. The number of hydrogen-bond donors (Lipinski definition) is 0. The standard InChI is InChI=1S/C8H10ClSi/c1-10(2)8-6-4-3-5-7(8)9/h3-6H,1-2H3. The van der Waals surface area contributed by atoms with E-state index in [0.717, 1.165) is 5.02 Å². The lowest BCUT2D eigenvalue weighted by Gasteiger charge is -2.03. The molecule has 0 unspecified atom stereocenters. The Morgan fingerprint density at radius 2 is 1.80 bits per heavy atom. The first-order chi connectivity index (χ1) is 4.72. The number of hydrogen-bond acceptors (Lipinski definition) is 0. The molecule has 0 N–H and O–H groups in total. The number of halogens is 1. The van der Waals surface area contributed by atoms with Crippen LogP contribution in [0, 0.1) is 0 Å². The molecule has 1 radical (unpaired) electrons. The maximum atomic E-state index is 5.94. The first kappa shape index (κ1) is 7.83. The average Bonchev–Trinajstić information content (AvgIpc) is 1.88. The van der Waals surface area contributed by atoms with Crippen LogP contribution in [-0.4, -0.2) is 8.80 Å². The van der Waals surface area contributed by atoms with E-state index in [0.29, 0.717) is 0 Å². The fourth-order valence-electron chi connectivity index (χ4n) is 0.867. The summed E-state index contributed by atoms with van der Waals surface area (Å²) in [6.07, 6.45) is 0. The van der Waals surface area contributed by atoms with Gasteiger partial charge in [-0.2, -0.15) is 0 Å². The Bertz CT molecular complexity index is 220. The van der Waals surface area contributed by atoms with Gasteiger partial charge in [0.05, 0.1) is 8.80 Å². The van der Waals surface area contributed by atoms with Crippen molar-refractivity contribution in [2.45, 2.75) is 13.1 Å². The van der Waals surface area contributed by atoms with Crippen LogP contribution in [0.1, 0.15) is 0 Å². The van der Waals surface area contributed by atoms with E-state index in [9.17, 15) is 0 Å². The monoisotopic (exact) mass is 169 g/mol. The molecule has 0 atom stereocenters. The molecule has 0 aromatic heterocycles. The van der Waals surface area contributed by atoms with E-state index in [2.05, 4.69) is 19.2 Å². The lowest BCUT2D eigenvalue weighted by molar-refractivity contribution is 1.74. The molecule has 1 aromatic carbocycles. The van der Waals surface area contributed by atoms with Crippen LogP contribution in [-0.2, 0) is 0 Å². The fraction of sp³-hybridized carbons (Fsp3) is 0.250. The lowest BCUT2D eigenvalue weighted by atomic mass is 10.4. The van der Waals surface area contributed by atoms with Gasteiger partial charge in [0.15, 0.2) is 0 Å². The van der Waals surface area contributed by atoms with Gasteiger partial charge in [-0.25, -0.2) is 0 Å². The Morgan fingerprint density at radius 3 is 2.20 bits per heavy atom. The zero-order valence-electron chi connectivity index (χ0n) is 6.19. The highest BCUT2D eigenvalue weighted by molar-refractivity contribution is 6.73. The van der Waals surface area contributed by atoms with Crippen molar-refractivity contribution in [3.63, 3.8) is 0 Å². The van der Waals surface area contributed by atoms with Crippen molar-refractivity contribution in [2.24, 2.45) is 0 Å². The third-order valence-corrected chi connectivity index (χ3v) is 3.41.